The highest BCUT2D eigenvalue weighted by molar-refractivity contribution is 7.92. The average Bonchev–Trinajstić information content (AvgIpc) is 2.67. The van der Waals surface area contributed by atoms with Gasteiger partial charge in [0, 0.05) is 29.4 Å². The molecule has 0 fully saturated rings. The molecule has 0 saturated carbocycles. The number of rotatable bonds is 9. The van der Waals surface area contributed by atoms with Crippen molar-refractivity contribution in [3.05, 3.63) is 58.1 Å². The lowest BCUT2D eigenvalue weighted by molar-refractivity contribution is 0.0948. The Kier molecular flexibility index (Phi) is 10.2. The lowest BCUT2D eigenvalue weighted by Gasteiger charge is -2.18. The number of anilines is 1. The van der Waals surface area contributed by atoms with E-state index in [1.165, 1.54) is 30.3 Å². The van der Waals surface area contributed by atoms with Crippen molar-refractivity contribution in [1.82, 2.24) is 10.2 Å². The molecule has 0 aliphatic rings. The standard InChI is InChI=1S/C19H23Cl2N3O3S.ClH/c1-3-24(4-2)12-11-22-19(25)14-5-10-17(21)18(13-14)28(26,27)23-16-8-6-15(20)7-9-16;/h5-10,13,23H,3-4,11-12H2,1-2H3,(H,22,25);1H. The predicted octanol–water partition coefficient (Wildman–Crippen LogP) is 4.29. The van der Waals surface area contributed by atoms with Crippen LogP contribution in [0, 0.1) is 0 Å². The van der Waals surface area contributed by atoms with Crippen molar-refractivity contribution < 1.29 is 13.2 Å². The van der Waals surface area contributed by atoms with Gasteiger partial charge in [-0.25, -0.2) is 8.42 Å². The maximum absolute atomic E-state index is 12.7. The van der Waals surface area contributed by atoms with Crippen LogP contribution in [-0.2, 0) is 10.0 Å². The number of nitrogens with one attached hydrogen (secondary N) is 2. The summed E-state index contributed by atoms with van der Waals surface area (Å²) in [5, 5.41) is 3.32. The summed E-state index contributed by atoms with van der Waals surface area (Å²) in [6, 6.07) is 10.4. The van der Waals surface area contributed by atoms with Crippen molar-refractivity contribution in [3.8, 4) is 0 Å². The van der Waals surface area contributed by atoms with Crippen LogP contribution >= 0.6 is 35.6 Å². The summed E-state index contributed by atoms with van der Waals surface area (Å²) in [5.41, 5.74) is 0.565. The molecule has 0 spiro atoms. The Balaban J connectivity index is 0.00000420. The van der Waals surface area contributed by atoms with Crippen LogP contribution in [0.4, 0.5) is 5.69 Å². The van der Waals surface area contributed by atoms with E-state index in [0.717, 1.165) is 19.6 Å². The molecule has 2 aromatic rings. The Labute approximate surface area is 188 Å². The van der Waals surface area contributed by atoms with Gasteiger partial charge in [-0.3, -0.25) is 9.52 Å². The second-order valence-electron chi connectivity index (χ2n) is 6.04. The molecule has 0 unspecified atom stereocenters. The number of hydrogen-bond acceptors (Lipinski definition) is 4. The summed E-state index contributed by atoms with van der Waals surface area (Å²) in [5.74, 6) is -0.355. The van der Waals surface area contributed by atoms with Crippen LogP contribution in [0.25, 0.3) is 0 Å². The molecule has 0 aromatic heterocycles. The molecule has 0 atom stereocenters. The Morgan fingerprint density at radius 3 is 2.24 bits per heavy atom. The summed E-state index contributed by atoms with van der Waals surface area (Å²) in [7, 11) is -3.97. The first-order valence-corrected chi connectivity index (χ1v) is 11.1. The summed E-state index contributed by atoms with van der Waals surface area (Å²) >= 11 is 11.9. The fraction of sp³-hybridized carbons (Fsp3) is 0.316. The van der Waals surface area contributed by atoms with E-state index in [-0.39, 0.29) is 33.8 Å². The zero-order valence-electron chi connectivity index (χ0n) is 16.1. The normalized spacial score (nSPS) is 11.1. The van der Waals surface area contributed by atoms with E-state index in [1.54, 1.807) is 12.1 Å². The van der Waals surface area contributed by atoms with Gasteiger partial charge in [0.05, 0.1) is 5.02 Å². The van der Waals surface area contributed by atoms with Crippen molar-refractivity contribution >= 4 is 57.2 Å². The van der Waals surface area contributed by atoms with Crippen LogP contribution in [0.5, 0.6) is 0 Å². The minimum atomic E-state index is -3.97. The van der Waals surface area contributed by atoms with Gasteiger partial charge in [0.1, 0.15) is 4.90 Å². The van der Waals surface area contributed by atoms with Crippen LogP contribution in [0.1, 0.15) is 24.2 Å². The average molecular weight is 481 g/mol. The number of likely N-dealkylation sites (N-methyl/N-ethyl adjacent to an activating group) is 1. The summed E-state index contributed by atoms with van der Waals surface area (Å²) in [4.78, 5) is 14.4. The molecule has 2 rings (SSSR count). The SMILES string of the molecule is CCN(CC)CCNC(=O)c1ccc(Cl)c(S(=O)(=O)Nc2ccc(Cl)cc2)c1.Cl. The molecule has 1 amide bonds. The van der Waals surface area contributed by atoms with E-state index in [0.29, 0.717) is 17.3 Å². The number of hydrogen-bond donors (Lipinski definition) is 2. The number of amides is 1. The third kappa shape index (κ3) is 7.35. The van der Waals surface area contributed by atoms with E-state index in [9.17, 15) is 13.2 Å². The monoisotopic (exact) mass is 479 g/mol. The second-order valence-corrected chi connectivity index (χ2v) is 8.53. The molecule has 6 nitrogen and oxygen atoms in total. The maximum Gasteiger partial charge on any atom is 0.263 e. The first-order chi connectivity index (χ1) is 13.3. The van der Waals surface area contributed by atoms with Gasteiger partial charge < -0.3 is 10.2 Å². The Bertz CT molecular complexity index is 918. The fourth-order valence-corrected chi connectivity index (χ4v) is 4.26. The Hall–Kier alpha value is -1.51. The van der Waals surface area contributed by atoms with Gasteiger partial charge >= 0.3 is 0 Å². The molecule has 160 valence electrons. The lowest BCUT2D eigenvalue weighted by atomic mass is 10.2. The van der Waals surface area contributed by atoms with Gasteiger partial charge in [0.2, 0.25) is 0 Å². The van der Waals surface area contributed by atoms with Crippen molar-refractivity contribution in [2.45, 2.75) is 18.7 Å². The first kappa shape index (κ1) is 25.5. The highest BCUT2D eigenvalue weighted by Gasteiger charge is 2.20. The molecule has 0 heterocycles. The minimum absolute atomic E-state index is 0. The van der Waals surface area contributed by atoms with Crippen molar-refractivity contribution in [2.75, 3.05) is 30.9 Å². The third-order valence-corrected chi connectivity index (χ3v) is 6.30. The van der Waals surface area contributed by atoms with Crippen LogP contribution in [-0.4, -0.2) is 45.4 Å². The molecule has 0 saturated heterocycles. The van der Waals surface area contributed by atoms with Crippen LogP contribution in [0.3, 0.4) is 0 Å². The van der Waals surface area contributed by atoms with Crippen molar-refractivity contribution in [1.29, 1.82) is 0 Å². The van der Waals surface area contributed by atoms with Gasteiger partial charge in [-0.1, -0.05) is 37.0 Å². The zero-order chi connectivity index (χ0) is 20.7. The first-order valence-electron chi connectivity index (χ1n) is 8.85. The highest BCUT2D eigenvalue weighted by Crippen LogP contribution is 2.25. The fourth-order valence-electron chi connectivity index (χ4n) is 2.55. The zero-order valence-corrected chi connectivity index (χ0v) is 19.3. The molecular formula is C19H24Cl3N3O3S. The van der Waals surface area contributed by atoms with E-state index in [4.69, 9.17) is 23.2 Å². The van der Waals surface area contributed by atoms with Crippen LogP contribution < -0.4 is 10.0 Å². The topological polar surface area (TPSA) is 78.5 Å². The van der Waals surface area contributed by atoms with E-state index >= 15 is 0 Å². The van der Waals surface area contributed by atoms with Gasteiger partial charge in [-0.05, 0) is 55.6 Å². The highest BCUT2D eigenvalue weighted by atomic mass is 35.5. The predicted molar refractivity (Wildman–Crippen MR) is 121 cm³/mol. The molecule has 0 aliphatic carbocycles. The summed E-state index contributed by atoms with van der Waals surface area (Å²) < 4.78 is 27.8. The van der Waals surface area contributed by atoms with Gasteiger partial charge in [0.25, 0.3) is 15.9 Å². The van der Waals surface area contributed by atoms with E-state index in [1.807, 2.05) is 0 Å². The smallest absolute Gasteiger partial charge is 0.263 e. The van der Waals surface area contributed by atoms with E-state index < -0.39 is 10.0 Å². The number of carbonyl (C=O) groups is 1. The molecule has 2 aromatic carbocycles. The largest absolute Gasteiger partial charge is 0.351 e. The summed E-state index contributed by atoms with van der Waals surface area (Å²) in [6.07, 6.45) is 0. The molecule has 0 radical (unpaired) electrons. The summed E-state index contributed by atoms with van der Waals surface area (Å²) in [6.45, 7) is 7.08. The second kappa shape index (κ2) is 11.6. The Morgan fingerprint density at radius 1 is 1.03 bits per heavy atom. The number of halogens is 3. The number of carbonyl (C=O) groups excluding carboxylic acids is 1. The molecule has 0 aliphatic heterocycles. The lowest BCUT2D eigenvalue weighted by Crippen LogP contribution is -2.34. The molecule has 2 N–H and O–H groups in total. The molecular weight excluding hydrogens is 457 g/mol. The molecule has 29 heavy (non-hydrogen) atoms. The van der Waals surface area contributed by atoms with Crippen LogP contribution in [0.2, 0.25) is 10.0 Å². The van der Waals surface area contributed by atoms with Gasteiger partial charge in [-0.15, -0.1) is 12.4 Å². The number of benzene rings is 2. The van der Waals surface area contributed by atoms with Gasteiger partial charge in [0.15, 0.2) is 0 Å². The molecule has 10 heteroatoms. The van der Waals surface area contributed by atoms with E-state index in [2.05, 4.69) is 28.8 Å². The number of sulfonamides is 1. The van der Waals surface area contributed by atoms with Gasteiger partial charge in [-0.2, -0.15) is 0 Å². The third-order valence-electron chi connectivity index (χ3n) is 4.19. The van der Waals surface area contributed by atoms with Crippen molar-refractivity contribution in [2.24, 2.45) is 0 Å². The molecule has 0 bridgehead atoms. The minimum Gasteiger partial charge on any atom is -0.351 e. The van der Waals surface area contributed by atoms with Crippen molar-refractivity contribution in [3.63, 3.8) is 0 Å². The van der Waals surface area contributed by atoms with Crippen LogP contribution in [0.15, 0.2) is 47.4 Å². The number of nitrogens with zero attached hydrogens (tertiary/aromatic N) is 1. The quantitative estimate of drug-likeness (QED) is 0.561. The maximum atomic E-state index is 12.7. The Morgan fingerprint density at radius 2 is 1.66 bits per heavy atom.